The average molecular weight is 508 g/mol. The molecule has 0 aliphatic carbocycles. The number of Topliss-reactive ketones (excluding diaryl/α,β-unsaturated/α-hetero) is 1. The van der Waals surface area contributed by atoms with Crippen molar-refractivity contribution in [2.75, 3.05) is 11.1 Å². The Morgan fingerprint density at radius 3 is 2.33 bits per heavy atom. The monoisotopic (exact) mass is 507 g/mol. The zero-order valence-electron chi connectivity index (χ0n) is 19.5. The van der Waals surface area contributed by atoms with Crippen molar-refractivity contribution < 1.29 is 22.4 Å². The number of anilines is 1. The normalized spacial score (nSPS) is 13.1. The molecule has 0 saturated heterocycles. The minimum Gasteiger partial charge on any atom is -0.434 e. The Labute approximate surface area is 208 Å². The van der Waals surface area contributed by atoms with E-state index in [1.165, 1.54) is 12.4 Å². The Morgan fingerprint density at radius 2 is 1.64 bits per heavy atom. The zero-order valence-corrected chi connectivity index (χ0v) is 20.3. The lowest BCUT2D eigenvalue weighted by molar-refractivity contribution is -0.121. The van der Waals surface area contributed by atoms with Crippen molar-refractivity contribution in [1.29, 1.82) is 0 Å². The maximum atomic E-state index is 13.3. The van der Waals surface area contributed by atoms with Crippen LogP contribution in [0.5, 0.6) is 0 Å². The number of oxazole rings is 1. The average Bonchev–Trinajstić information content (AvgIpc) is 3.31. The van der Waals surface area contributed by atoms with E-state index in [2.05, 4.69) is 25.6 Å². The van der Waals surface area contributed by atoms with Gasteiger partial charge in [0.1, 0.15) is 11.6 Å². The summed E-state index contributed by atoms with van der Waals surface area (Å²) in [7, 11) is -3.73. The first kappa shape index (κ1) is 25.0. The fraction of sp³-hybridized carbons (Fsp3) is 0.240. The summed E-state index contributed by atoms with van der Waals surface area (Å²) >= 11 is 0. The number of aromatic nitrogens is 3. The van der Waals surface area contributed by atoms with Gasteiger partial charge in [-0.1, -0.05) is 49.4 Å². The molecule has 10 nitrogen and oxygen atoms in total. The molecule has 2 aromatic heterocycles. The number of hydrogen-bond acceptors (Lipinski definition) is 9. The van der Waals surface area contributed by atoms with Crippen LogP contribution < -0.4 is 10.6 Å². The van der Waals surface area contributed by atoms with E-state index < -0.39 is 39.4 Å². The summed E-state index contributed by atoms with van der Waals surface area (Å²) < 4.78 is 31.5. The van der Waals surface area contributed by atoms with Gasteiger partial charge in [0, 0.05) is 12.4 Å². The molecule has 2 heterocycles. The van der Waals surface area contributed by atoms with Crippen LogP contribution in [0.4, 0.5) is 5.95 Å². The Bertz CT molecular complexity index is 1410. The van der Waals surface area contributed by atoms with Crippen LogP contribution in [-0.2, 0) is 20.4 Å². The van der Waals surface area contributed by atoms with Crippen molar-refractivity contribution in [3.05, 3.63) is 84.5 Å². The van der Waals surface area contributed by atoms with E-state index in [1.54, 1.807) is 67.6 Å². The minimum absolute atomic E-state index is 0.0888. The van der Waals surface area contributed by atoms with Gasteiger partial charge in [0.25, 0.3) is 5.89 Å². The second-order valence-corrected chi connectivity index (χ2v) is 10.2. The number of sulfone groups is 1. The van der Waals surface area contributed by atoms with Gasteiger partial charge in [0.15, 0.2) is 15.4 Å². The van der Waals surface area contributed by atoms with E-state index in [0.717, 1.165) is 0 Å². The summed E-state index contributed by atoms with van der Waals surface area (Å²) in [6, 6.07) is 15.0. The van der Waals surface area contributed by atoms with Gasteiger partial charge in [-0.3, -0.25) is 9.59 Å². The molecule has 0 fully saturated rings. The van der Waals surface area contributed by atoms with Gasteiger partial charge < -0.3 is 15.1 Å². The highest BCUT2D eigenvalue weighted by molar-refractivity contribution is 7.90. The topological polar surface area (TPSA) is 144 Å². The molecule has 186 valence electrons. The van der Waals surface area contributed by atoms with Gasteiger partial charge in [0.05, 0.1) is 17.5 Å². The molecule has 1 amide bonds. The van der Waals surface area contributed by atoms with Crippen molar-refractivity contribution in [1.82, 2.24) is 20.3 Å². The van der Waals surface area contributed by atoms with Crippen molar-refractivity contribution >= 4 is 38.6 Å². The summed E-state index contributed by atoms with van der Waals surface area (Å²) in [6.45, 7) is 1.72. The maximum Gasteiger partial charge on any atom is 0.266 e. The minimum atomic E-state index is -3.73. The first-order valence-corrected chi connectivity index (χ1v) is 13.1. The van der Waals surface area contributed by atoms with Crippen LogP contribution in [0, 0.1) is 0 Å². The second kappa shape index (κ2) is 11.1. The fourth-order valence-corrected chi connectivity index (χ4v) is 5.17. The molecule has 2 aromatic carbocycles. The highest BCUT2D eigenvalue weighted by atomic mass is 32.2. The number of carbonyl (C=O) groups is 2. The van der Waals surface area contributed by atoms with E-state index in [-0.39, 0.29) is 24.0 Å². The molecule has 2 unspecified atom stereocenters. The number of rotatable bonds is 11. The quantitative estimate of drug-likeness (QED) is 0.293. The number of nitrogens with zero attached hydrogens (tertiary/aromatic N) is 3. The van der Waals surface area contributed by atoms with Crippen LogP contribution in [0.3, 0.4) is 0 Å². The standard InChI is InChI=1S/C25H25N5O5S/c1-2-18(22(31)24-29-19-11-6-7-12-21(19)35-24)28-23(32)20(30-25-26-13-8-14-27-25)16-36(33,34)15-17-9-4-3-5-10-17/h3-14,18,20H,2,15-16H2,1H3,(H,28,32)(H,26,27,30). The van der Waals surface area contributed by atoms with Crippen LogP contribution in [0.1, 0.15) is 29.6 Å². The predicted molar refractivity (Wildman–Crippen MR) is 134 cm³/mol. The van der Waals surface area contributed by atoms with Crippen LogP contribution in [-0.4, -0.2) is 52.9 Å². The second-order valence-electron chi connectivity index (χ2n) is 8.13. The molecule has 4 aromatic rings. The number of hydrogen-bond donors (Lipinski definition) is 2. The van der Waals surface area contributed by atoms with Crippen molar-refractivity contribution in [2.24, 2.45) is 0 Å². The first-order chi connectivity index (χ1) is 17.3. The van der Waals surface area contributed by atoms with E-state index in [9.17, 15) is 18.0 Å². The third-order valence-electron chi connectivity index (χ3n) is 5.38. The molecule has 2 N–H and O–H groups in total. The van der Waals surface area contributed by atoms with E-state index in [4.69, 9.17) is 4.42 Å². The van der Waals surface area contributed by atoms with E-state index >= 15 is 0 Å². The van der Waals surface area contributed by atoms with Gasteiger partial charge >= 0.3 is 0 Å². The summed E-state index contributed by atoms with van der Waals surface area (Å²) in [4.78, 5) is 38.6. The lowest BCUT2D eigenvalue weighted by Gasteiger charge is -2.21. The Kier molecular flexibility index (Phi) is 7.69. The van der Waals surface area contributed by atoms with E-state index in [0.29, 0.717) is 16.7 Å². The van der Waals surface area contributed by atoms with Gasteiger partial charge in [-0.15, -0.1) is 0 Å². The molecule has 0 radical (unpaired) electrons. The number of carbonyl (C=O) groups excluding carboxylic acids is 2. The van der Waals surface area contributed by atoms with Crippen LogP contribution >= 0.6 is 0 Å². The molecule has 36 heavy (non-hydrogen) atoms. The largest absolute Gasteiger partial charge is 0.434 e. The lowest BCUT2D eigenvalue weighted by atomic mass is 10.1. The molecule has 0 aliphatic rings. The highest BCUT2D eigenvalue weighted by Crippen LogP contribution is 2.17. The van der Waals surface area contributed by atoms with Gasteiger partial charge in [0.2, 0.25) is 17.6 Å². The predicted octanol–water partition coefficient (Wildman–Crippen LogP) is 2.79. The van der Waals surface area contributed by atoms with Crippen LogP contribution in [0.2, 0.25) is 0 Å². The third-order valence-corrected chi connectivity index (χ3v) is 7.00. The molecule has 4 rings (SSSR count). The van der Waals surface area contributed by atoms with Crippen molar-refractivity contribution in [3.8, 4) is 0 Å². The number of benzene rings is 2. The molecular formula is C25H25N5O5S. The molecule has 0 aliphatic heterocycles. The maximum absolute atomic E-state index is 13.3. The highest BCUT2D eigenvalue weighted by Gasteiger charge is 2.31. The lowest BCUT2D eigenvalue weighted by Crippen LogP contribution is -2.50. The van der Waals surface area contributed by atoms with Crippen molar-refractivity contribution in [2.45, 2.75) is 31.2 Å². The SMILES string of the molecule is CCC(NC(=O)C(CS(=O)(=O)Cc1ccccc1)Nc1ncccn1)C(=O)c1nc2ccccc2o1. The molecule has 0 saturated carbocycles. The zero-order chi connectivity index (χ0) is 25.5. The Balaban J connectivity index is 1.53. The smallest absolute Gasteiger partial charge is 0.266 e. The van der Waals surface area contributed by atoms with Gasteiger partial charge in [-0.25, -0.2) is 23.4 Å². The fourth-order valence-electron chi connectivity index (χ4n) is 3.61. The number of amides is 1. The van der Waals surface area contributed by atoms with Crippen molar-refractivity contribution in [3.63, 3.8) is 0 Å². The van der Waals surface area contributed by atoms with Crippen LogP contribution in [0.15, 0.2) is 77.5 Å². The Morgan fingerprint density at radius 1 is 0.944 bits per heavy atom. The molecule has 11 heteroatoms. The molecule has 0 spiro atoms. The summed E-state index contributed by atoms with van der Waals surface area (Å²) in [5.74, 6) is -2.01. The molecule has 0 bridgehead atoms. The Hall–Kier alpha value is -4.12. The number of ketones is 1. The molecular weight excluding hydrogens is 482 g/mol. The molecule has 2 atom stereocenters. The van der Waals surface area contributed by atoms with Gasteiger partial charge in [-0.05, 0) is 30.2 Å². The third kappa shape index (κ3) is 6.30. The summed E-state index contributed by atoms with van der Waals surface area (Å²) in [5.41, 5.74) is 1.58. The summed E-state index contributed by atoms with van der Waals surface area (Å²) in [5, 5.41) is 5.43. The van der Waals surface area contributed by atoms with E-state index in [1.807, 2.05) is 0 Å². The number of nitrogens with one attached hydrogen (secondary N) is 2. The van der Waals surface area contributed by atoms with Gasteiger partial charge in [-0.2, -0.15) is 0 Å². The number of fused-ring (bicyclic) bond motifs is 1. The van der Waals surface area contributed by atoms with Crippen LogP contribution in [0.25, 0.3) is 11.1 Å². The summed E-state index contributed by atoms with van der Waals surface area (Å²) in [6.07, 6.45) is 3.18. The first-order valence-electron chi connectivity index (χ1n) is 11.3. The number of para-hydroxylation sites is 2.